The fourth-order valence-corrected chi connectivity index (χ4v) is 1.27. The lowest BCUT2D eigenvalue weighted by Gasteiger charge is -2.33. The molecule has 0 fully saturated rings. The fourth-order valence-electron chi connectivity index (χ4n) is 1.27. The van der Waals surface area contributed by atoms with E-state index in [0.29, 0.717) is 0 Å². The lowest BCUT2D eigenvalue weighted by molar-refractivity contribution is 0.0371. The molecular formula is C8H16N2O6. The molecule has 8 heteroatoms. The predicted molar refractivity (Wildman–Crippen MR) is 53.1 cm³/mol. The molecule has 94 valence electrons. The van der Waals surface area contributed by atoms with E-state index in [2.05, 4.69) is 0 Å². The monoisotopic (exact) mass is 236 g/mol. The first kappa shape index (κ1) is 14.5. The van der Waals surface area contributed by atoms with Crippen LogP contribution >= 0.6 is 0 Å². The highest BCUT2D eigenvalue weighted by atomic mass is 16.4. The van der Waals surface area contributed by atoms with E-state index in [9.17, 15) is 9.59 Å². The van der Waals surface area contributed by atoms with Crippen molar-refractivity contribution in [2.24, 2.45) is 0 Å². The van der Waals surface area contributed by atoms with Crippen LogP contribution < -0.4 is 0 Å². The molecule has 0 aliphatic carbocycles. The Kier molecular flexibility index (Phi) is 6.19. The lowest BCUT2D eigenvalue weighted by Crippen LogP contribution is -2.52. The third-order valence-electron chi connectivity index (χ3n) is 2.08. The van der Waals surface area contributed by atoms with Gasteiger partial charge in [-0.1, -0.05) is 0 Å². The van der Waals surface area contributed by atoms with Gasteiger partial charge in [0.15, 0.2) is 0 Å². The molecule has 0 heterocycles. The Morgan fingerprint density at radius 2 is 1.31 bits per heavy atom. The summed E-state index contributed by atoms with van der Waals surface area (Å²) >= 11 is 0. The van der Waals surface area contributed by atoms with Gasteiger partial charge in [0, 0.05) is 13.1 Å². The summed E-state index contributed by atoms with van der Waals surface area (Å²) in [6.45, 7) is 0.192. The number of hydrogen-bond donors (Lipinski definition) is 4. The van der Waals surface area contributed by atoms with E-state index in [1.165, 1.54) is 6.92 Å². The molecule has 0 saturated heterocycles. The van der Waals surface area contributed by atoms with Crippen LogP contribution in [0.3, 0.4) is 0 Å². The van der Waals surface area contributed by atoms with Crippen molar-refractivity contribution in [3.05, 3.63) is 0 Å². The Morgan fingerprint density at radius 3 is 1.50 bits per heavy atom. The second kappa shape index (κ2) is 6.85. The first-order valence-electron chi connectivity index (χ1n) is 4.66. The van der Waals surface area contributed by atoms with E-state index in [1.807, 2.05) is 0 Å². The molecule has 0 radical (unpaired) electrons. The molecule has 0 rings (SSSR count). The van der Waals surface area contributed by atoms with Crippen molar-refractivity contribution in [2.45, 2.75) is 13.1 Å². The number of aliphatic hydroxyl groups is 2. The number of amides is 2. The molecule has 0 atom stereocenters. The molecule has 16 heavy (non-hydrogen) atoms. The van der Waals surface area contributed by atoms with Crippen molar-refractivity contribution in [2.75, 3.05) is 26.3 Å². The fraction of sp³-hybridized carbons (Fsp3) is 0.750. The van der Waals surface area contributed by atoms with E-state index < -0.39 is 31.6 Å². The maximum Gasteiger partial charge on any atom is 0.409 e. The molecule has 4 N–H and O–H groups in total. The molecule has 0 unspecified atom stereocenters. The number of rotatable bonds is 6. The van der Waals surface area contributed by atoms with Crippen LogP contribution in [0.5, 0.6) is 0 Å². The number of carbonyl (C=O) groups is 2. The summed E-state index contributed by atoms with van der Waals surface area (Å²) in [7, 11) is 0. The van der Waals surface area contributed by atoms with Gasteiger partial charge in [-0.05, 0) is 6.92 Å². The van der Waals surface area contributed by atoms with E-state index in [1.54, 1.807) is 0 Å². The summed E-state index contributed by atoms with van der Waals surface area (Å²) in [4.78, 5) is 23.2. The zero-order valence-electron chi connectivity index (χ0n) is 8.91. The van der Waals surface area contributed by atoms with Crippen LogP contribution in [-0.2, 0) is 0 Å². The summed E-state index contributed by atoms with van der Waals surface area (Å²) in [5.74, 6) is 0. The van der Waals surface area contributed by atoms with Crippen LogP contribution in [0, 0.1) is 0 Å². The third kappa shape index (κ3) is 3.91. The number of aliphatic hydroxyl groups excluding tert-OH is 2. The molecule has 2 amide bonds. The summed E-state index contributed by atoms with van der Waals surface area (Å²) < 4.78 is 0. The minimum Gasteiger partial charge on any atom is -0.465 e. The number of carboxylic acid groups (broad SMARTS) is 2. The smallest absolute Gasteiger partial charge is 0.409 e. The highest BCUT2D eigenvalue weighted by Crippen LogP contribution is 2.06. The Hall–Kier alpha value is -1.54. The third-order valence-corrected chi connectivity index (χ3v) is 2.08. The highest BCUT2D eigenvalue weighted by Gasteiger charge is 2.27. The van der Waals surface area contributed by atoms with Crippen molar-refractivity contribution in [3.63, 3.8) is 0 Å². The molecule has 0 aromatic rings. The molecule has 0 aromatic carbocycles. The summed E-state index contributed by atoms with van der Waals surface area (Å²) in [6, 6.07) is 0. The summed E-state index contributed by atoms with van der Waals surface area (Å²) in [6.07, 6.45) is -3.62. The molecule has 0 aromatic heterocycles. The topological polar surface area (TPSA) is 122 Å². The minimum atomic E-state index is -1.33. The zero-order chi connectivity index (χ0) is 12.7. The second-order valence-electron chi connectivity index (χ2n) is 3.03. The first-order valence-corrected chi connectivity index (χ1v) is 4.66. The van der Waals surface area contributed by atoms with Gasteiger partial charge in [-0.15, -0.1) is 0 Å². The van der Waals surface area contributed by atoms with Crippen molar-refractivity contribution < 1.29 is 30.0 Å². The van der Waals surface area contributed by atoms with E-state index in [-0.39, 0.29) is 13.1 Å². The van der Waals surface area contributed by atoms with E-state index >= 15 is 0 Å². The van der Waals surface area contributed by atoms with Crippen LogP contribution in [0.1, 0.15) is 6.92 Å². The van der Waals surface area contributed by atoms with Gasteiger partial charge in [-0.3, -0.25) is 9.80 Å². The lowest BCUT2D eigenvalue weighted by atomic mass is 10.4. The van der Waals surface area contributed by atoms with Gasteiger partial charge >= 0.3 is 12.2 Å². The molecule has 8 nitrogen and oxygen atoms in total. The van der Waals surface area contributed by atoms with Crippen molar-refractivity contribution in [1.82, 2.24) is 9.80 Å². The molecule has 0 bridgehead atoms. The maximum absolute atomic E-state index is 10.8. The average Bonchev–Trinajstić information content (AvgIpc) is 2.20. The normalized spacial score (nSPS) is 10.2. The Bertz CT molecular complexity index is 223. The number of nitrogens with zero attached hydrogens (tertiary/aromatic N) is 2. The van der Waals surface area contributed by atoms with Crippen molar-refractivity contribution >= 4 is 12.2 Å². The quantitative estimate of drug-likeness (QED) is 0.451. The molecule has 0 spiro atoms. The average molecular weight is 236 g/mol. The zero-order valence-corrected chi connectivity index (χ0v) is 8.91. The van der Waals surface area contributed by atoms with Gasteiger partial charge in [0.2, 0.25) is 0 Å². The Balaban J connectivity index is 4.71. The van der Waals surface area contributed by atoms with Gasteiger partial charge in [-0.2, -0.15) is 0 Å². The standard InChI is InChI=1S/C8H16N2O6/c1-6(9(2-4-11)7(13)14)10(3-5-12)8(15)16/h6,11-12H,2-5H2,1H3,(H,13,14)(H,15,16). The maximum atomic E-state index is 10.8. The van der Waals surface area contributed by atoms with E-state index in [4.69, 9.17) is 20.4 Å². The summed E-state index contributed by atoms with van der Waals surface area (Å²) in [5, 5.41) is 34.9. The van der Waals surface area contributed by atoms with Crippen LogP contribution in [0.4, 0.5) is 9.59 Å². The predicted octanol–water partition coefficient (Wildman–Crippen LogP) is -0.723. The van der Waals surface area contributed by atoms with Crippen LogP contribution in [0.25, 0.3) is 0 Å². The minimum absolute atomic E-state index is 0.189. The van der Waals surface area contributed by atoms with Gasteiger partial charge in [0.1, 0.15) is 6.17 Å². The largest absolute Gasteiger partial charge is 0.465 e. The Morgan fingerprint density at radius 1 is 1.00 bits per heavy atom. The van der Waals surface area contributed by atoms with Gasteiger partial charge < -0.3 is 20.4 Å². The van der Waals surface area contributed by atoms with Crippen LogP contribution in [-0.4, -0.2) is 74.9 Å². The van der Waals surface area contributed by atoms with Crippen LogP contribution in [0.2, 0.25) is 0 Å². The molecule has 0 saturated carbocycles. The van der Waals surface area contributed by atoms with Crippen LogP contribution in [0.15, 0.2) is 0 Å². The Labute approximate surface area is 92.3 Å². The molecular weight excluding hydrogens is 220 g/mol. The molecule has 0 aliphatic heterocycles. The van der Waals surface area contributed by atoms with Crippen molar-refractivity contribution in [1.29, 1.82) is 0 Å². The van der Waals surface area contributed by atoms with Gasteiger partial charge in [0.25, 0.3) is 0 Å². The SMILES string of the molecule is CC(N(CCO)C(=O)O)N(CCO)C(=O)O. The second-order valence-corrected chi connectivity index (χ2v) is 3.03. The highest BCUT2D eigenvalue weighted by molar-refractivity contribution is 5.68. The van der Waals surface area contributed by atoms with E-state index in [0.717, 1.165) is 9.80 Å². The molecule has 0 aliphatic rings. The first-order chi connectivity index (χ1) is 7.45. The van der Waals surface area contributed by atoms with Gasteiger partial charge in [-0.25, -0.2) is 9.59 Å². The van der Waals surface area contributed by atoms with Gasteiger partial charge in [0.05, 0.1) is 13.2 Å². The van der Waals surface area contributed by atoms with Crippen molar-refractivity contribution in [3.8, 4) is 0 Å². The number of hydrogen-bond acceptors (Lipinski definition) is 4. The summed E-state index contributed by atoms with van der Waals surface area (Å²) in [5.41, 5.74) is 0.